The number of hydrogen-bond acceptors (Lipinski definition) is 6. The molecule has 1 spiro atoms. The van der Waals surface area contributed by atoms with Crippen LogP contribution in [-0.2, 0) is 11.3 Å². The molecule has 27 heavy (non-hydrogen) atoms. The SMILES string of the molecule is CC(C)[C@H](COCc1ccccc1)N1C[C@]12CC(C#N)(C#N)C2(C#N)C#N. The van der Waals surface area contributed by atoms with Crippen LogP contribution in [0.2, 0.25) is 0 Å². The Kier molecular flexibility index (Phi) is 4.67. The molecule has 2 fully saturated rings. The molecule has 1 heterocycles. The van der Waals surface area contributed by atoms with E-state index in [2.05, 4.69) is 18.7 Å². The third-order valence-corrected chi connectivity index (χ3v) is 6.06. The topological polar surface area (TPSA) is 107 Å². The first kappa shape index (κ1) is 18.9. The van der Waals surface area contributed by atoms with Crippen LogP contribution >= 0.6 is 0 Å². The molecule has 3 rings (SSSR count). The molecule has 1 aliphatic carbocycles. The van der Waals surface area contributed by atoms with Gasteiger partial charge in [0, 0.05) is 19.0 Å². The molecule has 1 unspecified atom stereocenters. The van der Waals surface area contributed by atoms with Gasteiger partial charge >= 0.3 is 0 Å². The normalized spacial score (nSPS) is 27.4. The highest BCUT2D eigenvalue weighted by Gasteiger charge is 2.86. The summed E-state index contributed by atoms with van der Waals surface area (Å²) >= 11 is 0. The van der Waals surface area contributed by atoms with Gasteiger partial charge in [-0.1, -0.05) is 44.2 Å². The standard InChI is InChI=1S/C21H21N5O/c1-16(2)18(9-27-8-17-6-4-3-5-7-17)26-15-21(26)10-19(11-22,12-23)20(21,13-24)14-25/h3-7,16,18H,8-10,15H2,1-2H3/t18-,21-,26?/m0/s1. The van der Waals surface area contributed by atoms with Gasteiger partial charge in [-0.15, -0.1) is 0 Å². The lowest BCUT2D eigenvalue weighted by Gasteiger charge is -2.50. The Morgan fingerprint density at radius 1 is 1.04 bits per heavy atom. The fourth-order valence-electron chi connectivity index (χ4n) is 4.38. The van der Waals surface area contributed by atoms with E-state index in [0.717, 1.165) is 5.56 Å². The third-order valence-electron chi connectivity index (χ3n) is 6.06. The maximum Gasteiger partial charge on any atom is 0.194 e. The summed E-state index contributed by atoms with van der Waals surface area (Å²) in [5.74, 6) is 0.245. The Bertz CT molecular complexity index is 854. The first-order valence-electron chi connectivity index (χ1n) is 8.99. The summed E-state index contributed by atoms with van der Waals surface area (Å²) in [7, 11) is 0. The van der Waals surface area contributed by atoms with E-state index in [-0.39, 0.29) is 18.4 Å². The number of benzene rings is 1. The van der Waals surface area contributed by atoms with Crippen molar-refractivity contribution in [1.82, 2.24) is 4.90 Å². The van der Waals surface area contributed by atoms with E-state index in [0.29, 0.717) is 19.8 Å². The first-order valence-corrected chi connectivity index (χ1v) is 8.99. The average Bonchev–Trinajstić information content (AvgIpc) is 3.41. The Labute approximate surface area is 159 Å². The Hall–Kier alpha value is -2.90. The molecule has 0 radical (unpaired) electrons. The van der Waals surface area contributed by atoms with Gasteiger partial charge in [0.15, 0.2) is 10.8 Å². The van der Waals surface area contributed by atoms with E-state index >= 15 is 0 Å². The predicted octanol–water partition coefficient (Wildman–Crippen LogP) is 2.75. The molecule has 1 saturated heterocycles. The van der Waals surface area contributed by atoms with Crippen molar-refractivity contribution >= 4 is 0 Å². The molecule has 0 amide bonds. The van der Waals surface area contributed by atoms with Crippen molar-refractivity contribution in [1.29, 1.82) is 21.0 Å². The zero-order chi connectivity index (χ0) is 19.7. The van der Waals surface area contributed by atoms with Crippen molar-refractivity contribution in [2.75, 3.05) is 13.2 Å². The predicted molar refractivity (Wildman–Crippen MR) is 96.1 cm³/mol. The van der Waals surface area contributed by atoms with Crippen molar-refractivity contribution in [3.05, 3.63) is 35.9 Å². The summed E-state index contributed by atoms with van der Waals surface area (Å²) in [4.78, 5) is 2.09. The second kappa shape index (κ2) is 6.68. The largest absolute Gasteiger partial charge is 0.375 e. The minimum absolute atomic E-state index is 0.0187. The van der Waals surface area contributed by atoms with E-state index < -0.39 is 16.4 Å². The summed E-state index contributed by atoms with van der Waals surface area (Å²) in [6.45, 7) is 5.64. The van der Waals surface area contributed by atoms with Crippen LogP contribution in [0.15, 0.2) is 30.3 Å². The van der Waals surface area contributed by atoms with Crippen molar-refractivity contribution in [3.63, 3.8) is 0 Å². The van der Waals surface area contributed by atoms with Gasteiger partial charge in [0.05, 0.1) is 43.0 Å². The highest BCUT2D eigenvalue weighted by Crippen LogP contribution is 2.71. The van der Waals surface area contributed by atoms with Gasteiger partial charge in [-0.3, -0.25) is 4.90 Å². The molecule has 0 aromatic heterocycles. The van der Waals surface area contributed by atoms with Crippen LogP contribution in [0.5, 0.6) is 0 Å². The number of nitrogens with zero attached hydrogens (tertiary/aromatic N) is 5. The third kappa shape index (κ3) is 2.50. The molecule has 3 atom stereocenters. The van der Waals surface area contributed by atoms with Crippen molar-refractivity contribution in [2.45, 2.75) is 38.5 Å². The quantitative estimate of drug-likeness (QED) is 0.723. The van der Waals surface area contributed by atoms with Crippen LogP contribution < -0.4 is 0 Å². The lowest BCUT2D eigenvalue weighted by molar-refractivity contribution is -0.00642. The van der Waals surface area contributed by atoms with Crippen LogP contribution in [0.3, 0.4) is 0 Å². The van der Waals surface area contributed by atoms with Gasteiger partial charge in [-0.2, -0.15) is 21.0 Å². The van der Waals surface area contributed by atoms with Gasteiger partial charge < -0.3 is 4.74 Å². The molecule has 6 heteroatoms. The Morgan fingerprint density at radius 3 is 2.19 bits per heavy atom. The molecule has 0 bridgehead atoms. The van der Waals surface area contributed by atoms with Crippen LogP contribution in [-0.4, -0.2) is 29.6 Å². The van der Waals surface area contributed by atoms with Gasteiger partial charge in [-0.25, -0.2) is 0 Å². The molecule has 0 N–H and O–H groups in total. The van der Waals surface area contributed by atoms with Crippen LogP contribution in [0.1, 0.15) is 25.8 Å². The van der Waals surface area contributed by atoms with Gasteiger partial charge in [0.1, 0.15) is 0 Å². The van der Waals surface area contributed by atoms with Crippen molar-refractivity contribution in [2.24, 2.45) is 16.7 Å². The second-order valence-corrected chi connectivity index (χ2v) is 7.75. The molecular weight excluding hydrogens is 338 g/mol. The van der Waals surface area contributed by atoms with Crippen LogP contribution in [0.25, 0.3) is 0 Å². The summed E-state index contributed by atoms with van der Waals surface area (Å²) in [5, 5.41) is 38.4. The molecule has 1 saturated carbocycles. The number of ether oxygens (including phenoxy) is 1. The zero-order valence-corrected chi connectivity index (χ0v) is 15.5. The van der Waals surface area contributed by atoms with Crippen LogP contribution in [0, 0.1) is 62.1 Å². The smallest absolute Gasteiger partial charge is 0.194 e. The van der Waals surface area contributed by atoms with Gasteiger partial charge in [0.25, 0.3) is 0 Å². The summed E-state index contributed by atoms with van der Waals surface area (Å²) in [6, 6.07) is 17.8. The van der Waals surface area contributed by atoms with Gasteiger partial charge in [-0.05, 0) is 11.5 Å². The highest BCUT2D eigenvalue weighted by atomic mass is 16.5. The molecule has 6 nitrogen and oxygen atoms in total. The maximum absolute atomic E-state index is 9.74. The lowest BCUT2D eigenvalue weighted by Crippen LogP contribution is -2.64. The Balaban J connectivity index is 1.75. The van der Waals surface area contributed by atoms with E-state index in [4.69, 9.17) is 4.74 Å². The van der Waals surface area contributed by atoms with Crippen molar-refractivity contribution < 1.29 is 4.74 Å². The number of rotatable bonds is 6. The highest BCUT2D eigenvalue weighted by molar-refractivity contribution is 5.53. The first-order chi connectivity index (χ1) is 13.0. The van der Waals surface area contributed by atoms with E-state index in [1.54, 1.807) is 0 Å². The Morgan fingerprint density at radius 2 is 1.67 bits per heavy atom. The fourth-order valence-corrected chi connectivity index (χ4v) is 4.38. The molecular formula is C21H21N5O. The maximum atomic E-state index is 9.74. The monoisotopic (exact) mass is 359 g/mol. The minimum atomic E-state index is -1.62. The molecule has 2 aliphatic rings. The molecule has 1 aliphatic heterocycles. The zero-order valence-electron chi connectivity index (χ0n) is 15.5. The van der Waals surface area contributed by atoms with E-state index in [9.17, 15) is 21.0 Å². The summed E-state index contributed by atoms with van der Waals surface area (Å²) < 4.78 is 5.91. The van der Waals surface area contributed by atoms with Crippen molar-refractivity contribution in [3.8, 4) is 24.3 Å². The van der Waals surface area contributed by atoms with E-state index in [1.165, 1.54) is 0 Å². The van der Waals surface area contributed by atoms with Crippen LogP contribution in [0.4, 0.5) is 0 Å². The average molecular weight is 359 g/mol. The fraction of sp³-hybridized carbons (Fsp3) is 0.524. The molecule has 136 valence electrons. The van der Waals surface area contributed by atoms with Gasteiger partial charge in [0.2, 0.25) is 0 Å². The molecule has 1 aromatic rings. The number of hydrogen-bond donors (Lipinski definition) is 0. The lowest BCUT2D eigenvalue weighted by atomic mass is 9.44. The second-order valence-electron chi connectivity index (χ2n) is 7.75. The minimum Gasteiger partial charge on any atom is -0.375 e. The summed E-state index contributed by atoms with van der Waals surface area (Å²) in [6.07, 6.45) is 0.232. The van der Waals surface area contributed by atoms with E-state index in [1.807, 2.05) is 54.6 Å². The molecule has 1 aromatic carbocycles. The number of nitriles is 4. The summed E-state index contributed by atoms with van der Waals surface area (Å²) in [5.41, 5.74) is -2.80.